The molecule has 4 rings (SSSR count). The lowest BCUT2D eigenvalue weighted by Crippen LogP contribution is -2.23. The number of hydrogen-bond acceptors (Lipinski definition) is 7. The minimum absolute atomic E-state index is 0.183. The number of benzene rings is 1. The van der Waals surface area contributed by atoms with Gasteiger partial charge in [0.1, 0.15) is 11.1 Å². The number of fused-ring (bicyclic) bond motifs is 1. The van der Waals surface area contributed by atoms with E-state index in [2.05, 4.69) is 21.6 Å². The highest BCUT2D eigenvalue weighted by atomic mass is 32.2. The standard InChI is InChI=1S/C22H24N6OS2/c1-13-8-10-15(11-9-13)19-26-27-22(28(19)24)30-14(2)20(29)25-21-17(12-23)16-6-4-3-5-7-18(16)31-21/h8-11,14H,3-7,24H2,1-2H3,(H,25,29). The van der Waals surface area contributed by atoms with Crippen molar-refractivity contribution in [2.75, 3.05) is 11.2 Å². The molecule has 0 saturated carbocycles. The maximum absolute atomic E-state index is 12.9. The van der Waals surface area contributed by atoms with Crippen molar-refractivity contribution in [3.8, 4) is 17.5 Å². The van der Waals surface area contributed by atoms with Gasteiger partial charge in [-0.05, 0) is 45.1 Å². The van der Waals surface area contributed by atoms with Crippen LogP contribution in [0.3, 0.4) is 0 Å². The van der Waals surface area contributed by atoms with E-state index in [-0.39, 0.29) is 5.91 Å². The van der Waals surface area contributed by atoms with Gasteiger partial charge < -0.3 is 11.2 Å². The number of carbonyl (C=O) groups is 1. The number of carbonyl (C=O) groups excluding carboxylic acids is 1. The van der Waals surface area contributed by atoms with Gasteiger partial charge in [0.25, 0.3) is 0 Å². The number of thiophene rings is 1. The molecule has 3 aromatic rings. The summed E-state index contributed by atoms with van der Waals surface area (Å²) in [4.78, 5) is 14.1. The zero-order chi connectivity index (χ0) is 22.0. The molecule has 160 valence electrons. The first-order valence-electron chi connectivity index (χ1n) is 10.3. The highest BCUT2D eigenvalue weighted by Crippen LogP contribution is 2.37. The zero-order valence-corrected chi connectivity index (χ0v) is 19.1. The lowest BCUT2D eigenvalue weighted by molar-refractivity contribution is -0.115. The lowest BCUT2D eigenvalue weighted by atomic mass is 10.1. The van der Waals surface area contributed by atoms with E-state index in [1.54, 1.807) is 6.92 Å². The second kappa shape index (κ2) is 9.12. The zero-order valence-electron chi connectivity index (χ0n) is 17.5. The molecule has 0 fully saturated rings. The fourth-order valence-corrected chi connectivity index (χ4v) is 5.64. The fraction of sp³-hybridized carbons (Fsp3) is 0.364. The van der Waals surface area contributed by atoms with Crippen LogP contribution in [0.5, 0.6) is 0 Å². The number of nitrogen functional groups attached to an aromatic ring is 1. The Labute approximate surface area is 189 Å². The predicted octanol–water partition coefficient (Wildman–Crippen LogP) is 4.29. The van der Waals surface area contributed by atoms with Crippen LogP contribution < -0.4 is 11.2 Å². The van der Waals surface area contributed by atoms with E-state index in [0.29, 0.717) is 21.5 Å². The Kier molecular flexibility index (Phi) is 6.30. The number of thioether (sulfide) groups is 1. The Morgan fingerprint density at radius 2 is 2.00 bits per heavy atom. The normalized spacial score (nSPS) is 14.4. The van der Waals surface area contributed by atoms with Crippen molar-refractivity contribution in [2.24, 2.45) is 0 Å². The molecule has 0 bridgehead atoms. The predicted molar refractivity (Wildman–Crippen MR) is 125 cm³/mol. The van der Waals surface area contributed by atoms with Crippen LogP contribution in [0.25, 0.3) is 11.4 Å². The van der Waals surface area contributed by atoms with Gasteiger partial charge in [-0.1, -0.05) is 48.0 Å². The molecular weight excluding hydrogens is 428 g/mol. The van der Waals surface area contributed by atoms with Crippen LogP contribution >= 0.6 is 23.1 Å². The summed E-state index contributed by atoms with van der Waals surface area (Å²) >= 11 is 2.78. The molecular formula is C22H24N6OS2. The van der Waals surface area contributed by atoms with Crippen molar-refractivity contribution in [1.82, 2.24) is 14.9 Å². The number of aromatic nitrogens is 3. The van der Waals surface area contributed by atoms with E-state index in [0.717, 1.165) is 42.4 Å². The molecule has 1 unspecified atom stereocenters. The number of rotatable bonds is 5. The molecule has 2 aromatic heterocycles. The van der Waals surface area contributed by atoms with Crippen LogP contribution in [0.15, 0.2) is 29.4 Å². The second-order valence-corrected chi connectivity index (χ2v) is 10.1. The number of anilines is 1. The molecule has 9 heteroatoms. The van der Waals surface area contributed by atoms with Crippen molar-refractivity contribution in [3.05, 3.63) is 45.8 Å². The second-order valence-electron chi connectivity index (χ2n) is 7.67. The maximum Gasteiger partial charge on any atom is 0.238 e. The summed E-state index contributed by atoms with van der Waals surface area (Å²) in [5.74, 6) is 6.56. The lowest BCUT2D eigenvalue weighted by Gasteiger charge is -2.11. The van der Waals surface area contributed by atoms with Crippen molar-refractivity contribution in [2.45, 2.75) is 56.4 Å². The molecule has 1 amide bonds. The average molecular weight is 453 g/mol. The molecule has 1 atom stereocenters. The molecule has 1 aliphatic carbocycles. The molecule has 7 nitrogen and oxygen atoms in total. The van der Waals surface area contributed by atoms with Crippen LogP contribution in [0.2, 0.25) is 0 Å². The fourth-order valence-electron chi connectivity index (χ4n) is 3.63. The molecule has 0 saturated heterocycles. The molecule has 0 spiro atoms. The van der Waals surface area contributed by atoms with Gasteiger partial charge in [0.15, 0.2) is 5.82 Å². The molecule has 0 radical (unpaired) electrons. The Morgan fingerprint density at radius 3 is 2.74 bits per heavy atom. The molecule has 2 heterocycles. The van der Waals surface area contributed by atoms with Crippen molar-refractivity contribution >= 4 is 34.0 Å². The Hall–Kier alpha value is -2.83. The number of aryl methyl sites for hydroxylation is 2. The molecule has 3 N–H and O–H groups in total. The number of nitriles is 1. The van der Waals surface area contributed by atoms with E-state index in [1.807, 2.05) is 31.2 Å². The quantitative estimate of drug-likeness (QED) is 0.339. The van der Waals surface area contributed by atoms with Gasteiger partial charge in [-0.2, -0.15) is 5.26 Å². The first-order valence-corrected chi connectivity index (χ1v) is 12.0. The summed E-state index contributed by atoms with van der Waals surface area (Å²) in [6.45, 7) is 3.81. The number of nitrogens with one attached hydrogen (secondary N) is 1. The highest BCUT2D eigenvalue weighted by molar-refractivity contribution is 8.00. The van der Waals surface area contributed by atoms with Gasteiger partial charge in [-0.15, -0.1) is 21.5 Å². The van der Waals surface area contributed by atoms with Crippen LogP contribution in [0.1, 0.15) is 47.8 Å². The van der Waals surface area contributed by atoms with Crippen LogP contribution in [-0.2, 0) is 17.6 Å². The van der Waals surface area contributed by atoms with Crippen LogP contribution in [0.4, 0.5) is 5.00 Å². The monoisotopic (exact) mass is 452 g/mol. The molecule has 1 aliphatic rings. The third-order valence-electron chi connectivity index (χ3n) is 5.40. The third kappa shape index (κ3) is 4.45. The average Bonchev–Trinajstić information content (AvgIpc) is 3.18. The largest absolute Gasteiger partial charge is 0.335 e. The summed E-state index contributed by atoms with van der Waals surface area (Å²) in [5.41, 5.74) is 3.75. The van der Waals surface area contributed by atoms with Crippen molar-refractivity contribution in [1.29, 1.82) is 5.26 Å². The smallest absolute Gasteiger partial charge is 0.238 e. The summed E-state index contributed by atoms with van der Waals surface area (Å²) < 4.78 is 1.41. The number of nitrogens with two attached hydrogens (primary N) is 1. The van der Waals surface area contributed by atoms with Crippen molar-refractivity contribution in [3.63, 3.8) is 0 Å². The van der Waals surface area contributed by atoms with Gasteiger partial charge in [-0.3, -0.25) is 4.79 Å². The number of nitrogens with zero attached hydrogens (tertiary/aromatic N) is 4. The van der Waals surface area contributed by atoms with Crippen LogP contribution in [0, 0.1) is 18.3 Å². The molecule has 0 aliphatic heterocycles. The minimum atomic E-state index is -0.453. The summed E-state index contributed by atoms with van der Waals surface area (Å²) in [5, 5.41) is 21.6. The van der Waals surface area contributed by atoms with E-state index in [4.69, 9.17) is 5.84 Å². The third-order valence-corrected chi connectivity index (χ3v) is 7.66. The highest BCUT2D eigenvalue weighted by Gasteiger charge is 2.24. The van der Waals surface area contributed by atoms with Crippen molar-refractivity contribution < 1.29 is 4.79 Å². The SMILES string of the molecule is Cc1ccc(-c2nnc(SC(C)C(=O)Nc3sc4c(c3C#N)CCCCC4)n2N)cc1. The van der Waals surface area contributed by atoms with E-state index in [1.165, 1.54) is 39.1 Å². The topological polar surface area (TPSA) is 110 Å². The maximum atomic E-state index is 12.9. The van der Waals surface area contributed by atoms with Gasteiger partial charge in [0.2, 0.25) is 11.1 Å². The molecule has 1 aromatic carbocycles. The van der Waals surface area contributed by atoms with E-state index in [9.17, 15) is 10.1 Å². The van der Waals surface area contributed by atoms with Gasteiger partial charge in [-0.25, -0.2) is 4.68 Å². The van der Waals surface area contributed by atoms with Crippen LogP contribution in [-0.4, -0.2) is 26.0 Å². The van der Waals surface area contributed by atoms with Gasteiger partial charge >= 0.3 is 0 Å². The molecule has 31 heavy (non-hydrogen) atoms. The minimum Gasteiger partial charge on any atom is -0.335 e. The number of hydrogen-bond donors (Lipinski definition) is 2. The Morgan fingerprint density at radius 1 is 1.26 bits per heavy atom. The van der Waals surface area contributed by atoms with Gasteiger partial charge in [0.05, 0.1) is 10.8 Å². The summed E-state index contributed by atoms with van der Waals surface area (Å²) in [6.07, 6.45) is 5.30. The van der Waals surface area contributed by atoms with E-state index >= 15 is 0 Å². The van der Waals surface area contributed by atoms with E-state index < -0.39 is 5.25 Å². The Bertz CT molecular complexity index is 1140. The summed E-state index contributed by atoms with van der Waals surface area (Å²) in [6, 6.07) is 10.2. The Balaban J connectivity index is 1.48. The first kappa shape index (κ1) is 21.4. The summed E-state index contributed by atoms with van der Waals surface area (Å²) in [7, 11) is 0. The first-order chi connectivity index (χ1) is 15.0. The number of amides is 1. The van der Waals surface area contributed by atoms with Gasteiger partial charge in [0, 0.05) is 10.4 Å².